The van der Waals surface area contributed by atoms with Crippen LogP contribution in [0, 0.1) is 0 Å². The number of hydrogen-bond donors (Lipinski definition) is 3. The summed E-state index contributed by atoms with van der Waals surface area (Å²) in [6, 6.07) is 11.5. The second kappa shape index (κ2) is 10.5. The van der Waals surface area contributed by atoms with Gasteiger partial charge in [-0.1, -0.05) is 43.5 Å². The fourth-order valence-corrected chi connectivity index (χ4v) is 4.47. The molecule has 0 saturated heterocycles. The molecule has 4 rings (SSSR count). The van der Waals surface area contributed by atoms with Crippen molar-refractivity contribution in [3.05, 3.63) is 65.0 Å². The van der Waals surface area contributed by atoms with Crippen LogP contribution in [0.25, 0.3) is 5.65 Å². The molecule has 1 saturated carbocycles. The van der Waals surface area contributed by atoms with Crippen LogP contribution in [-0.4, -0.2) is 34.9 Å². The van der Waals surface area contributed by atoms with E-state index >= 15 is 0 Å². The van der Waals surface area contributed by atoms with Crippen LogP contribution in [0.5, 0.6) is 0 Å². The van der Waals surface area contributed by atoms with Gasteiger partial charge in [-0.2, -0.15) is 0 Å². The van der Waals surface area contributed by atoms with E-state index in [1.165, 1.54) is 13.5 Å². The lowest BCUT2D eigenvalue weighted by atomic mass is 9.87. The van der Waals surface area contributed by atoms with E-state index in [1.54, 1.807) is 6.07 Å². The van der Waals surface area contributed by atoms with Crippen molar-refractivity contribution in [1.29, 1.82) is 0 Å². The zero-order valence-electron chi connectivity index (χ0n) is 19.0. The molecule has 0 atom stereocenters. The van der Waals surface area contributed by atoms with Gasteiger partial charge in [0.15, 0.2) is 5.65 Å². The number of carbonyl (C=O) groups is 2. The number of nitrogens with zero attached hydrogens (tertiary/aromatic N) is 2. The lowest BCUT2D eigenvalue weighted by molar-refractivity contribution is -0.138. The summed E-state index contributed by atoms with van der Waals surface area (Å²) in [5.41, 5.74) is 9.73. The highest BCUT2D eigenvalue weighted by Crippen LogP contribution is 2.37. The van der Waals surface area contributed by atoms with Crippen LogP contribution in [0.1, 0.15) is 65.2 Å². The summed E-state index contributed by atoms with van der Waals surface area (Å²) in [7, 11) is 1.37. The number of carbonyl (C=O) groups excluding carboxylic acids is 2. The Bertz CT molecular complexity index is 1130. The summed E-state index contributed by atoms with van der Waals surface area (Å²) in [6.07, 6.45) is 7.52. The third kappa shape index (κ3) is 5.17. The number of aromatic nitrogens is 2. The summed E-state index contributed by atoms with van der Waals surface area (Å²) < 4.78 is 6.67. The second-order valence-electron chi connectivity index (χ2n) is 8.43. The van der Waals surface area contributed by atoms with Crippen LogP contribution < -0.4 is 16.4 Å². The predicted octanol–water partition coefficient (Wildman–Crippen LogP) is 3.36. The Balaban J connectivity index is 1.63. The van der Waals surface area contributed by atoms with Crippen molar-refractivity contribution >= 4 is 23.3 Å². The summed E-state index contributed by atoms with van der Waals surface area (Å²) >= 11 is 0. The molecule has 1 aromatic carbocycles. The number of ether oxygens (including phenoxy) is 1. The lowest BCUT2D eigenvalue weighted by Crippen LogP contribution is -2.23. The molecule has 3 aromatic rings. The number of pyridine rings is 1. The minimum Gasteiger partial charge on any atom is -0.468 e. The molecule has 174 valence electrons. The van der Waals surface area contributed by atoms with E-state index < -0.39 is 0 Å². The number of nitrogens with one attached hydrogen (secondary N) is 2. The van der Waals surface area contributed by atoms with Gasteiger partial charge in [0, 0.05) is 25.2 Å². The number of benzene rings is 1. The van der Waals surface area contributed by atoms with Crippen LogP contribution in [0.3, 0.4) is 0 Å². The average Bonchev–Trinajstić information content (AvgIpc) is 3.25. The molecule has 0 unspecified atom stereocenters. The first-order valence-corrected chi connectivity index (χ1v) is 11.5. The Morgan fingerprint density at radius 3 is 2.70 bits per heavy atom. The number of esters is 1. The minimum absolute atomic E-state index is 0.0396. The topological polar surface area (TPSA) is 111 Å². The van der Waals surface area contributed by atoms with Gasteiger partial charge in [-0.05, 0) is 36.1 Å². The molecular formula is C25H31N5O3. The Morgan fingerprint density at radius 1 is 1.15 bits per heavy atom. The molecule has 33 heavy (non-hydrogen) atoms. The molecule has 1 aliphatic carbocycles. The Hall–Kier alpha value is -3.39. The normalized spacial score (nSPS) is 14.2. The van der Waals surface area contributed by atoms with Crippen LogP contribution in [-0.2, 0) is 22.6 Å². The molecule has 8 heteroatoms. The SMILES string of the molecule is COC(=O)CNc1c(C2CCCCC2)nc2c(C(=O)NCc3cccc(CN)c3)cccn12. The highest BCUT2D eigenvalue weighted by Gasteiger charge is 2.25. The zero-order chi connectivity index (χ0) is 23.2. The van der Waals surface area contributed by atoms with E-state index in [9.17, 15) is 9.59 Å². The first-order chi connectivity index (χ1) is 16.1. The Morgan fingerprint density at radius 2 is 1.94 bits per heavy atom. The Labute approximate surface area is 193 Å². The molecular weight excluding hydrogens is 418 g/mol. The van der Waals surface area contributed by atoms with Crippen molar-refractivity contribution < 1.29 is 14.3 Å². The molecule has 2 heterocycles. The van der Waals surface area contributed by atoms with Crippen molar-refractivity contribution in [2.75, 3.05) is 19.0 Å². The maximum atomic E-state index is 13.1. The monoisotopic (exact) mass is 449 g/mol. The number of amides is 1. The number of fused-ring (bicyclic) bond motifs is 1. The van der Waals surface area contributed by atoms with Gasteiger partial charge in [-0.15, -0.1) is 0 Å². The van der Waals surface area contributed by atoms with Gasteiger partial charge < -0.3 is 21.1 Å². The number of methoxy groups -OCH3 is 1. The van der Waals surface area contributed by atoms with Crippen LogP contribution in [0.4, 0.5) is 5.82 Å². The molecule has 0 radical (unpaired) electrons. The summed E-state index contributed by atoms with van der Waals surface area (Å²) in [5, 5.41) is 6.20. The van der Waals surface area contributed by atoms with Crippen molar-refractivity contribution in [3.63, 3.8) is 0 Å². The molecule has 2 aromatic heterocycles. The van der Waals surface area contributed by atoms with Gasteiger partial charge in [-0.25, -0.2) is 4.98 Å². The highest BCUT2D eigenvalue weighted by molar-refractivity contribution is 6.00. The summed E-state index contributed by atoms with van der Waals surface area (Å²) in [6.45, 7) is 0.899. The lowest BCUT2D eigenvalue weighted by Gasteiger charge is -2.21. The molecule has 1 amide bonds. The summed E-state index contributed by atoms with van der Waals surface area (Å²) in [4.78, 5) is 29.8. The number of hydrogen-bond acceptors (Lipinski definition) is 6. The number of rotatable bonds is 8. The number of imidazole rings is 1. The molecule has 0 bridgehead atoms. The standard InChI is InChI=1S/C25H31N5O3/c1-33-21(31)16-27-24-22(19-9-3-2-4-10-19)29-23-20(11-6-12-30(23)24)25(32)28-15-18-8-5-7-17(13-18)14-26/h5-8,11-13,19,27H,2-4,9-10,14-16,26H2,1H3,(H,28,32). The maximum absolute atomic E-state index is 13.1. The van der Waals surface area contributed by atoms with Gasteiger partial charge in [0.05, 0.1) is 18.4 Å². The van der Waals surface area contributed by atoms with E-state index in [0.29, 0.717) is 30.2 Å². The van der Waals surface area contributed by atoms with E-state index in [1.807, 2.05) is 40.9 Å². The van der Waals surface area contributed by atoms with Crippen LogP contribution >= 0.6 is 0 Å². The summed E-state index contributed by atoms with van der Waals surface area (Å²) in [5.74, 6) is 0.507. The van der Waals surface area contributed by atoms with Crippen molar-refractivity contribution in [3.8, 4) is 0 Å². The van der Waals surface area contributed by atoms with E-state index in [-0.39, 0.29) is 18.4 Å². The first kappa shape index (κ1) is 22.8. The molecule has 1 fully saturated rings. The highest BCUT2D eigenvalue weighted by atomic mass is 16.5. The molecule has 0 spiro atoms. The van der Waals surface area contributed by atoms with Crippen molar-refractivity contribution in [2.24, 2.45) is 5.73 Å². The molecule has 8 nitrogen and oxygen atoms in total. The van der Waals surface area contributed by atoms with Crippen LogP contribution in [0.2, 0.25) is 0 Å². The van der Waals surface area contributed by atoms with E-state index in [0.717, 1.165) is 48.3 Å². The van der Waals surface area contributed by atoms with Gasteiger partial charge in [0.2, 0.25) is 0 Å². The molecule has 1 aliphatic rings. The fraction of sp³-hybridized carbons (Fsp3) is 0.400. The fourth-order valence-electron chi connectivity index (χ4n) is 4.47. The van der Waals surface area contributed by atoms with E-state index in [4.69, 9.17) is 15.5 Å². The van der Waals surface area contributed by atoms with Gasteiger partial charge in [0.25, 0.3) is 5.91 Å². The van der Waals surface area contributed by atoms with Crippen LogP contribution in [0.15, 0.2) is 42.6 Å². The third-order valence-electron chi connectivity index (χ3n) is 6.22. The smallest absolute Gasteiger partial charge is 0.325 e. The van der Waals surface area contributed by atoms with Gasteiger partial charge >= 0.3 is 5.97 Å². The van der Waals surface area contributed by atoms with Crippen molar-refractivity contribution in [2.45, 2.75) is 51.1 Å². The Kier molecular flexibility index (Phi) is 7.24. The number of anilines is 1. The minimum atomic E-state index is -0.354. The van der Waals surface area contributed by atoms with Gasteiger partial charge in [0.1, 0.15) is 12.4 Å². The quantitative estimate of drug-likeness (QED) is 0.455. The number of nitrogens with two attached hydrogens (primary N) is 1. The average molecular weight is 450 g/mol. The first-order valence-electron chi connectivity index (χ1n) is 11.5. The molecule has 0 aliphatic heterocycles. The van der Waals surface area contributed by atoms with E-state index in [2.05, 4.69) is 10.6 Å². The zero-order valence-corrected chi connectivity index (χ0v) is 19.0. The predicted molar refractivity (Wildman–Crippen MR) is 127 cm³/mol. The van der Waals surface area contributed by atoms with Gasteiger partial charge in [-0.3, -0.25) is 14.0 Å². The second-order valence-corrected chi connectivity index (χ2v) is 8.43. The van der Waals surface area contributed by atoms with Crippen molar-refractivity contribution in [1.82, 2.24) is 14.7 Å². The third-order valence-corrected chi connectivity index (χ3v) is 6.22. The largest absolute Gasteiger partial charge is 0.468 e. The maximum Gasteiger partial charge on any atom is 0.325 e. The molecule has 4 N–H and O–H groups in total.